The molecule has 0 aromatic carbocycles. The zero-order valence-corrected chi connectivity index (χ0v) is 12.6. The van der Waals surface area contributed by atoms with E-state index in [2.05, 4.69) is 10.6 Å². The number of likely N-dealkylation sites (N-methyl/N-ethyl adjacent to an activating group) is 1. The molecule has 3 amide bonds. The molecule has 20 heavy (non-hydrogen) atoms. The van der Waals surface area contributed by atoms with Crippen molar-refractivity contribution >= 4 is 17.9 Å². The number of amides is 3. The number of aliphatic carboxylic acids is 1. The van der Waals surface area contributed by atoms with E-state index in [0.29, 0.717) is 19.0 Å². The fourth-order valence-electron chi connectivity index (χ4n) is 1.48. The minimum absolute atomic E-state index is 0.00319. The lowest BCUT2D eigenvalue weighted by molar-refractivity contribution is -0.142. The number of carbonyl (C=O) groups excluding carboxylic acids is 2. The third-order valence-corrected chi connectivity index (χ3v) is 2.69. The van der Waals surface area contributed by atoms with Crippen molar-refractivity contribution < 1.29 is 19.5 Å². The number of carboxylic acids is 1. The van der Waals surface area contributed by atoms with E-state index >= 15 is 0 Å². The number of urea groups is 1. The van der Waals surface area contributed by atoms with Gasteiger partial charge in [-0.25, -0.2) is 4.79 Å². The number of hydrogen-bond donors (Lipinski definition) is 3. The maximum atomic E-state index is 11.7. The Morgan fingerprint density at radius 1 is 1.20 bits per heavy atom. The van der Waals surface area contributed by atoms with Gasteiger partial charge in [-0.05, 0) is 12.5 Å². The van der Waals surface area contributed by atoms with E-state index in [1.807, 2.05) is 20.8 Å². The molecule has 0 saturated heterocycles. The summed E-state index contributed by atoms with van der Waals surface area (Å²) in [7, 11) is 0. The first kappa shape index (κ1) is 18.4. The van der Waals surface area contributed by atoms with Crippen LogP contribution in [0.25, 0.3) is 0 Å². The minimum Gasteiger partial charge on any atom is -0.481 e. The summed E-state index contributed by atoms with van der Waals surface area (Å²) in [5.41, 5.74) is 0. The van der Waals surface area contributed by atoms with E-state index in [4.69, 9.17) is 5.11 Å². The Morgan fingerprint density at radius 3 is 2.25 bits per heavy atom. The second-order valence-electron chi connectivity index (χ2n) is 5.22. The van der Waals surface area contributed by atoms with Gasteiger partial charge in [-0.3, -0.25) is 19.8 Å². The van der Waals surface area contributed by atoms with Crippen LogP contribution < -0.4 is 10.6 Å². The highest BCUT2D eigenvalue weighted by Gasteiger charge is 2.18. The van der Waals surface area contributed by atoms with E-state index in [9.17, 15) is 14.4 Å². The Kier molecular flexibility index (Phi) is 8.54. The van der Waals surface area contributed by atoms with Crippen LogP contribution >= 0.6 is 0 Å². The molecule has 7 heteroatoms. The lowest BCUT2D eigenvalue weighted by Gasteiger charge is -2.21. The van der Waals surface area contributed by atoms with E-state index in [1.54, 1.807) is 11.8 Å². The fraction of sp³-hybridized carbons (Fsp3) is 0.769. The van der Waals surface area contributed by atoms with Crippen LogP contribution in [0.15, 0.2) is 0 Å². The van der Waals surface area contributed by atoms with Crippen LogP contribution in [-0.4, -0.2) is 54.1 Å². The zero-order valence-electron chi connectivity index (χ0n) is 12.6. The molecule has 0 aromatic rings. The van der Waals surface area contributed by atoms with Crippen LogP contribution in [0.3, 0.4) is 0 Å². The molecule has 0 fully saturated rings. The Morgan fingerprint density at radius 2 is 1.80 bits per heavy atom. The fourth-order valence-corrected chi connectivity index (χ4v) is 1.48. The van der Waals surface area contributed by atoms with Gasteiger partial charge < -0.3 is 10.4 Å². The maximum Gasteiger partial charge on any atom is 0.321 e. The Labute approximate surface area is 119 Å². The number of nitrogens with zero attached hydrogens (tertiary/aromatic N) is 1. The van der Waals surface area contributed by atoms with Gasteiger partial charge in [0, 0.05) is 13.1 Å². The second-order valence-corrected chi connectivity index (χ2v) is 5.22. The third-order valence-electron chi connectivity index (χ3n) is 2.69. The predicted molar refractivity (Wildman–Crippen MR) is 75.3 cm³/mol. The highest BCUT2D eigenvalue weighted by Crippen LogP contribution is 1.99. The first-order chi connectivity index (χ1) is 9.26. The SMILES string of the molecule is CCN(CC(=O)NC(=O)NCC(C)C)CC(C)C(=O)O. The van der Waals surface area contributed by atoms with Crippen molar-refractivity contribution in [3.63, 3.8) is 0 Å². The molecule has 116 valence electrons. The monoisotopic (exact) mass is 287 g/mol. The van der Waals surface area contributed by atoms with Crippen LogP contribution in [0.5, 0.6) is 0 Å². The summed E-state index contributed by atoms with van der Waals surface area (Å²) >= 11 is 0. The quantitative estimate of drug-likeness (QED) is 0.604. The number of carboxylic acid groups (broad SMARTS) is 1. The molecule has 0 aromatic heterocycles. The number of rotatable bonds is 8. The summed E-state index contributed by atoms with van der Waals surface area (Å²) in [5, 5.41) is 13.6. The van der Waals surface area contributed by atoms with Crippen LogP contribution in [0.4, 0.5) is 4.79 Å². The van der Waals surface area contributed by atoms with Crippen molar-refractivity contribution in [2.45, 2.75) is 27.7 Å². The van der Waals surface area contributed by atoms with E-state index in [1.165, 1.54) is 0 Å². The summed E-state index contributed by atoms with van der Waals surface area (Å²) < 4.78 is 0. The van der Waals surface area contributed by atoms with Gasteiger partial charge in [-0.2, -0.15) is 0 Å². The van der Waals surface area contributed by atoms with E-state index in [-0.39, 0.29) is 13.1 Å². The summed E-state index contributed by atoms with van der Waals surface area (Å²) in [6, 6.07) is -0.522. The molecule has 1 unspecified atom stereocenters. The molecule has 7 nitrogen and oxygen atoms in total. The summed E-state index contributed by atoms with van der Waals surface area (Å²) in [6.45, 7) is 8.63. The highest BCUT2D eigenvalue weighted by molar-refractivity contribution is 5.95. The Hall–Kier alpha value is -1.63. The summed E-state index contributed by atoms with van der Waals surface area (Å²) in [4.78, 5) is 35.5. The second kappa shape index (κ2) is 9.30. The van der Waals surface area contributed by atoms with Gasteiger partial charge >= 0.3 is 12.0 Å². The van der Waals surface area contributed by atoms with E-state index in [0.717, 1.165) is 0 Å². The molecule has 1 atom stereocenters. The summed E-state index contributed by atoms with van der Waals surface area (Å²) in [5.74, 6) is -1.60. The predicted octanol–water partition coefficient (Wildman–Crippen LogP) is 0.511. The number of imide groups is 1. The highest BCUT2D eigenvalue weighted by atomic mass is 16.4. The first-order valence-electron chi connectivity index (χ1n) is 6.79. The van der Waals surface area contributed by atoms with Gasteiger partial charge in [-0.15, -0.1) is 0 Å². The number of nitrogens with one attached hydrogen (secondary N) is 2. The molecule has 0 bridgehead atoms. The lowest BCUT2D eigenvalue weighted by atomic mass is 10.1. The molecule has 0 rings (SSSR count). The Bertz CT molecular complexity index is 345. The molecule has 3 N–H and O–H groups in total. The van der Waals surface area contributed by atoms with Gasteiger partial charge in [-0.1, -0.05) is 27.7 Å². The first-order valence-corrected chi connectivity index (χ1v) is 6.79. The summed E-state index contributed by atoms with van der Waals surface area (Å²) in [6.07, 6.45) is 0. The molecule has 0 saturated carbocycles. The van der Waals surface area contributed by atoms with Crippen molar-refractivity contribution in [2.75, 3.05) is 26.2 Å². The van der Waals surface area contributed by atoms with Gasteiger partial charge in [0.15, 0.2) is 0 Å². The van der Waals surface area contributed by atoms with Crippen LogP contribution in [0, 0.1) is 11.8 Å². The molecule has 0 heterocycles. The van der Waals surface area contributed by atoms with Crippen molar-refractivity contribution in [3.8, 4) is 0 Å². The number of hydrogen-bond acceptors (Lipinski definition) is 4. The van der Waals surface area contributed by atoms with Crippen molar-refractivity contribution in [1.82, 2.24) is 15.5 Å². The van der Waals surface area contributed by atoms with Crippen molar-refractivity contribution in [2.24, 2.45) is 11.8 Å². The smallest absolute Gasteiger partial charge is 0.321 e. The van der Waals surface area contributed by atoms with Crippen LogP contribution in [-0.2, 0) is 9.59 Å². The molecule has 0 spiro atoms. The average molecular weight is 287 g/mol. The molecule has 0 aliphatic heterocycles. The van der Waals surface area contributed by atoms with Crippen molar-refractivity contribution in [1.29, 1.82) is 0 Å². The minimum atomic E-state index is -0.904. The topological polar surface area (TPSA) is 98.7 Å². The number of carbonyl (C=O) groups is 3. The molecular weight excluding hydrogens is 262 g/mol. The van der Waals surface area contributed by atoms with Gasteiger partial charge in [0.25, 0.3) is 0 Å². The third kappa shape index (κ3) is 8.47. The largest absolute Gasteiger partial charge is 0.481 e. The standard InChI is InChI=1S/C13H25N3O4/c1-5-16(7-10(4)12(18)19)8-11(17)15-13(20)14-6-9(2)3/h9-10H,5-8H2,1-4H3,(H,18,19)(H2,14,15,17,20). The van der Waals surface area contributed by atoms with Crippen LogP contribution in [0.2, 0.25) is 0 Å². The van der Waals surface area contributed by atoms with E-state index < -0.39 is 23.8 Å². The Balaban J connectivity index is 4.15. The van der Waals surface area contributed by atoms with Crippen molar-refractivity contribution in [3.05, 3.63) is 0 Å². The maximum absolute atomic E-state index is 11.7. The lowest BCUT2D eigenvalue weighted by Crippen LogP contribution is -2.46. The van der Waals surface area contributed by atoms with Gasteiger partial charge in [0.2, 0.25) is 5.91 Å². The van der Waals surface area contributed by atoms with Gasteiger partial charge in [0.05, 0.1) is 12.5 Å². The molecule has 0 aliphatic carbocycles. The molecule has 0 radical (unpaired) electrons. The average Bonchev–Trinajstić information content (AvgIpc) is 2.35. The molecule has 0 aliphatic rings. The molecular formula is C13H25N3O4. The van der Waals surface area contributed by atoms with Gasteiger partial charge in [0.1, 0.15) is 0 Å². The van der Waals surface area contributed by atoms with Crippen LogP contribution in [0.1, 0.15) is 27.7 Å². The normalized spacial score (nSPS) is 12.3. The zero-order chi connectivity index (χ0) is 15.7.